The Morgan fingerprint density at radius 1 is 1.40 bits per heavy atom. The number of amides is 1. The van der Waals surface area contributed by atoms with Crippen LogP contribution in [0.5, 0.6) is 0 Å². The summed E-state index contributed by atoms with van der Waals surface area (Å²) < 4.78 is 6.05. The first-order chi connectivity index (χ1) is 9.41. The normalized spacial score (nSPS) is 21.8. The van der Waals surface area contributed by atoms with Gasteiger partial charge in [-0.05, 0) is 24.6 Å². The maximum Gasteiger partial charge on any atom is 0.311 e. The summed E-state index contributed by atoms with van der Waals surface area (Å²) in [5, 5.41) is 9.14. The molecule has 1 fully saturated rings. The lowest BCUT2D eigenvalue weighted by Crippen LogP contribution is -2.44. The van der Waals surface area contributed by atoms with Crippen molar-refractivity contribution in [2.45, 2.75) is 13.0 Å². The van der Waals surface area contributed by atoms with Crippen molar-refractivity contribution >= 4 is 27.8 Å². The molecule has 108 valence electrons. The number of carbonyl (C=O) groups excluding carboxylic acids is 1. The van der Waals surface area contributed by atoms with Gasteiger partial charge in [0.15, 0.2) is 0 Å². The molecule has 1 aromatic carbocycles. The molecular formula is C14H16BrNO4. The molecule has 1 saturated heterocycles. The predicted octanol–water partition coefficient (Wildman–Crippen LogP) is 1.93. The van der Waals surface area contributed by atoms with Crippen molar-refractivity contribution in [3.05, 3.63) is 33.8 Å². The second-order valence-electron chi connectivity index (χ2n) is 4.93. The quantitative estimate of drug-likeness (QED) is 0.912. The number of likely N-dealkylation sites (N-methyl/N-ethyl adjacent to an activating group) is 1. The minimum atomic E-state index is -0.933. The molecule has 1 aromatic rings. The molecule has 1 amide bonds. The van der Waals surface area contributed by atoms with Crippen LogP contribution in [0.25, 0.3) is 0 Å². The Morgan fingerprint density at radius 2 is 2.10 bits per heavy atom. The van der Waals surface area contributed by atoms with Gasteiger partial charge in [-0.25, -0.2) is 0 Å². The van der Waals surface area contributed by atoms with E-state index >= 15 is 0 Å². The molecule has 0 aliphatic carbocycles. The number of carboxylic acids is 1. The molecule has 20 heavy (non-hydrogen) atoms. The Bertz CT molecular complexity index is 546. The summed E-state index contributed by atoms with van der Waals surface area (Å²) >= 11 is 3.39. The van der Waals surface area contributed by atoms with Crippen molar-refractivity contribution in [1.29, 1.82) is 0 Å². The van der Waals surface area contributed by atoms with Crippen LogP contribution in [0.3, 0.4) is 0 Å². The number of rotatable bonds is 3. The highest BCUT2D eigenvalue weighted by atomic mass is 79.9. The Balaban J connectivity index is 2.19. The Kier molecular flexibility index (Phi) is 4.45. The molecule has 2 atom stereocenters. The third kappa shape index (κ3) is 2.86. The molecule has 6 heteroatoms. The van der Waals surface area contributed by atoms with Gasteiger partial charge in [0, 0.05) is 17.1 Å². The molecule has 1 aliphatic rings. The number of hydrogen-bond donors (Lipinski definition) is 1. The number of carbonyl (C=O) groups is 2. The van der Waals surface area contributed by atoms with Crippen LogP contribution < -0.4 is 0 Å². The molecular weight excluding hydrogens is 326 g/mol. The van der Waals surface area contributed by atoms with E-state index in [0.29, 0.717) is 5.56 Å². The first-order valence-electron chi connectivity index (χ1n) is 6.25. The number of benzene rings is 1. The van der Waals surface area contributed by atoms with Crippen molar-refractivity contribution in [3.63, 3.8) is 0 Å². The molecule has 2 rings (SSSR count). The van der Waals surface area contributed by atoms with E-state index in [4.69, 9.17) is 9.84 Å². The van der Waals surface area contributed by atoms with Gasteiger partial charge in [-0.3, -0.25) is 9.59 Å². The fourth-order valence-corrected chi connectivity index (χ4v) is 2.62. The lowest BCUT2D eigenvalue weighted by atomic mass is 10.0. The Labute approximate surface area is 125 Å². The van der Waals surface area contributed by atoms with Crippen LogP contribution in [0.2, 0.25) is 0 Å². The number of aryl methyl sites for hydroxylation is 1. The second-order valence-corrected chi connectivity index (χ2v) is 5.78. The summed E-state index contributed by atoms with van der Waals surface area (Å²) in [6.07, 6.45) is 0. The summed E-state index contributed by atoms with van der Waals surface area (Å²) in [5.41, 5.74) is 1.57. The first kappa shape index (κ1) is 15.0. The van der Waals surface area contributed by atoms with E-state index in [0.717, 1.165) is 10.0 Å². The van der Waals surface area contributed by atoms with E-state index in [-0.39, 0.29) is 19.1 Å². The number of ether oxygens (including phenoxy) is 1. The summed E-state index contributed by atoms with van der Waals surface area (Å²) in [6, 6.07) is 4.91. The van der Waals surface area contributed by atoms with Gasteiger partial charge in [-0.15, -0.1) is 0 Å². The average molecular weight is 342 g/mol. The van der Waals surface area contributed by atoms with Gasteiger partial charge in [0.05, 0.1) is 19.3 Å². The SMILES string of the molecule is Cc1ccc(C(=O)N(C)C2COCC2C(=O)O)cc1Br. The van der Waals surface area contributed by atoms with Gasteiger partial charge < -0.3 is 14.7 Å². The van der Waals surface area contributed by atoms with Gasteiger partial charge in [0.2, 0.25) is 0 Å². The fourth-order valence-electron chi connectivity index (χ4n) is 2.24. The topological polar surface area (TPSA) is 66.8 Å². The van der Waals surface area contributed by atoms with Crippen molar-refractivity contribution in [1.82, 2.24) is 4.90 Å². The van der Waals surface area contributed by atoms with Crippen LogP contribution in [0.4, 0.5) is 0 Å². The van der Waals surface area contributed by atoms with Crippen molar-refractivity contribution in [3.8, 4) is 0 Å². The number of nitrogens with zero attached hydrogens (tertiary/aromatic N) is 1. The van der Waals surface area contributed by atoms with Crippen LogP contribution in [0.15, 0.2) is 22.7 Å². The van der Waals surface area contributed by atoms with Crippen LogP contribution in [-0.4, -0.2) is 48.2 Å². The molecule has 0 bridgehead atoms. The lowest BCUT2D eigenvalue weighted by Gasteiger charge is -2.26. The Hall–Kier alpha value is -1.40. The smallest absolute Gasteiger partial charge is 0.311 e. The standard InChI is InChI=1S/C14H16BrNO4/c1-8-3-4-9(5-11(8)15)13(17)16(2)12-7-20-6-10(12)14(18)19/h3-5,10,12H,6-7H2,1-2H3,(H,18,19). The molecule has 0 radical (unpaired) electrons. The molecule has 0 spiro atoms. The zero-order valence-corrected chi connectivity index (χ0v) is 12.9. The summed E-state index contributed by atoms with van der Waals surface area (Å²) in [6.45, 7) is 2.34. The third-order valence-corrected chi connectivity index (χ3v) is 4.46. The van der Waals surface area contributed by atoms with E-state index in [2.05, 4.69) is 15.9 Å². The minimum Gasteiger partial charge on any atom is -0.481 e. The highest BCUT2D eigenvalue weighted by Crippen LogP contribution is 2.23. The molecule has 1 N–H and O–H groups in total. The molecule has 0 saturated carbocycles. The second kappa shape index (κ2) is 5.93. The fraction of sp³-hybridized carbons (Fsp3) is 0.429. The minimum absolute atomic E-state index is 0.148. The zero-order valence-electron chi connectivity index (χ0n) is 11.3. The molecule has 5 nitrogen and oxygen atoms in total. The number of aliphatic carboxylic acids is 1. The third-order valence-electron chi connectivity index (χ3n) is 3.60. The largest absolute Gasteiger partial charge is 0.481 e. The summed E-state index contributed by atoms with van der Waals surface area (Å²) in [7, 11) is 1.62. The van der Waals surface area contributed by atoms with Crippen LogP contribution >= 0.6 is 15.9 Å². The first-order valence-corrected chi connectivity index (χ1v) is 7.05. The van der Waals surface area contributed by atoms with E-state index in [9.17, 15) is 9.59 Å². The molecule has 2 unspecified atom stereocenters. The Morgan fingerprint density at radius 3 is 2.70 bits per heavy atom. The van der Waals surface area contributed by atoms with Gasteiger partial charge in [0.1, 0.15) is 5.92 Å². The van der Waals surface area contributed by atoms with Gasteiger partial charge in [-0.2, -0.15) is 0 Å². The molecule has 1 heterocycles. The predicted molar refractivity (Wildman–Crippen MR) is 76.7 cm³/mol. The maximum atomic E-state index is 12.4. The van der Waals surface area contributed by atoms with E-state index in [1.165, 1.54) is 4.90 Å². The average Bonchev–Trinajstić information content (AvgIpc) is 2.89. The summed E-state index contributed by atoms with van der Waals surface area (Å²) in [5.74, 6) is -1.80. The van der Waals surface area contributed by atoms with E-state index in [1.807, 2.05) is 13.0 Å². The molecule has 1 aliphatic heterocycles. The lowest BCUT2D eigenvalue weighted by molar-refractivity contribution is -0.142. The van der Waals surface area contributed by atoms with Gasteiger partial charge in [0.25, 0.3) is 5.91 Å². The maximum absolute atomic E-state index is 12.4. The van der Waals surface area contributed by atoms with E-state index in [1.54, 1.807) is 19.2 Å². The van der Waals surface area contributed by atoms with Gasteiger partial charge >= 0.3 is 5.97 Å². The number of carboxylic acid groups (broad SMARTS) is 1. The van der Waals surface area contributed by atoms with E-state index < -0.39 is 17.9 Å². The highest BCUT2D eigenvalue weighted by Gasteiger charge is 2.38. The van der Waals surface area contributed by atoms with Crippen LogP contribution in [0.1, 0.15) is 15.9 Å². The molecule has 0 aromatic heterocycles. The van der Waals surface area contributed by atoms with Crippen molar-refractivity contribution < 1.29 is 19.4 Å². The van der Waals surface area contributed by atoms with Gasteiger partial charge in [-0.1, -0.05) is 22.0 Å². The number of halogens is 1. The monoisotopic (exact) mass is 341 g/mol. The van der Waals surface area contributed by atoms with Crippen LogP contribution in [-0.2, 0) is 9.53 Å². The number of hydrogen-bond acceptors (Lipinski definition) is 3. The zero-order chi connectivity index (χ0) is 14.9. The van der Waals surface area contributed by atoms with Crippen LogP contribution in [0, 0.1) is 12.8 Å². The summed E-state index contributed by atoms with van der Waals surface area (Å²) in [4.78, 5) is 25.0. The van der Waals surface area contributed by atoms with Crippen molar-refractivity contribution in [2.75, 3.05) is 20.3 Å². The van der Waals surface area contributed by atoms with Crippen molar-refractivity contribution in [2.24, 2.45) is 5.92 Å². The highest BCUT2D eigenvalue weighted by molar-refractivity contribution is 9.10.